The Morgan fingerprint density at radius 1 is 1.36 bits per heavy atom. The minimum atomic E-state index is -4.64. The van der Waals surface area contributed by atoms with Gasteiger partial charge in [0.2, 0.25) is 0 Å². The smallest absolute Gasteiger partial charge is 0.319 e. The topological polar surface area (TPSA) is 54.9 Å². The monoisotopic (exact) mass is 307 g/mol. The van der Waals surface area contributed by atoms with Gasteiger partial charge in [-0.3, -0.25) is 9.78 Å². The van der Waals surface area contributed by atoms with Gasteiger partial charge >= 0.3 is 6.18 Å². The standard InChI is InChI=1S/C15H12F3N3O/c1-3-10-7-12(20-13(8-10)15(16,17)18)14(22)21-11-5-4-6-19-9(11)2/h3-8H,1H2,2H3,(H,21,22). The molecule has 2 rings (SSSR count). The van der Waals surface area contributed by atoms with E-state index in [1.807, 2.05) is 0 Å². The Hall–Kier alpha value is -2.70. The van der Waals surface area contributed by atoms with E-state index in [0.29, 0.717) is 11.4 Å². The average molecular weight is 307 g/mol. The van der Waals surface area contributed by atoms with E-state index in [1.54, 1.807) is 25.3 Å². The van der Waals surface area contributed by atoms with Crippen LogP contribution in [0.5, 0.6) is 0 Å². The first-order valence-corrected chi connectivity index (χ1v) is 6.26. The first kappa shape index (κ1) is 15.7. The summed E-state index contributed by atoms with van der Waals surface area (Å²) < 4.78 is 38.4. The SMILES string of the molecule is C=Cc1cc(C(=O)Nc2cccnc2C)nc(C(F)(F)F)c1. The lowest BCUT2D eigenvalue weighted by Gasteiger charge is -2.11. The van der Waals surface area contributed by atoms with Crippen LogP contribution < -0.4 is 5.32 Å². The highest BCUT2D eigenvalue weighted by atomic mass is 19.4. The van der Waals surface area contributed by atoms with Crippen LogP contribution in [0, 0.1) is 6.92 Å². The second-order valence-corrected chi connectivity index (χ2v) is 4.46. The summed E-state index contributed by atoms with van der Waals surface area (Å²) in [7, 11) is 0. The van der Waals surface area contributed by atoms with Gasteiger partial charge in [-0.25, -0.2) is 4.98 Å². The van der Waals surface area contributed by atoms with E-state index in [9.17, 15) is 18.0 Å². The van der Waals surface area contributed by atoms with Gasteiger partial charge in [0, 0.05) is 6.20 Å². The van der Waals surface area contributed by atoms with Gasteiger partial charge in [0.1, 0.15) is 11.4 Å². The molecule has 0 atom stereocenters. The molecule has 0 aliphatic heterocycles. The summed E-state index contributed by atoms with van der Waals surface area (Å²) >= 11 is 0. The molecule has 0 unspecified atom stereocenters. The Kier molecular flexibility index (Phi) is 4.25. The number of carbonyl (C=O) groups is 1. The third kappa shape index (κ3) is 3.49. The lowest BCUT2D eigenvalue weighted by molar-refractivity contribution is -0.141. The van der Waals surface area contributed by atoms with Crippen LogP contribution in [0.1, 0.15) is 27.4 Å². The lowest BCUT2D eigenvalue weighted by atomic mass is 10.1. The number of nitrogens with one attached hydrogen (secondary N) is 1. The van der Waals surface area contributed by atoms with Crippen molar-refractivity contribution >= 4 is 17.7 Å². The van der Waals surface area contributed by atoms with Gasteiger partial charge in [-0.1, -0.05) is 12.7 Å². The van der Waals surface area contributed by atoms with Gasteiger partial charge in [0.15, 0.2) is 0 Å². The highest BCUT2D eigenvalue weighted by Crippen LogP contribution is 2.29. The Bertz CT molecular complexity index is 726. The molecule has 22 heavy (non-hydrogen) atoms. The van der Waals surface area contributed by atoms with Crippen molar-refractivity contribution in [2.45, 2.75) is 13.1 Å². The van der Waals surface area contributed by atoms with Crippen LogP contribution in [0.2, 0.25) is 0 Å². The molecule has 0 aromatic carbocycles. The molecule has 4 nitrogen and oxygen atoms in total. The fourth-order valence-electron chi connectivity index (χ4n) is 1.73. The molecule has 0 aliphatic rings. The molecule has 0 aliphatic carbocycles. The average Bonchev–Trinajstić information content (AvgIpc) is 2.48. The number of anilines is 1. The number of aryl methyl sites for hydroxylation is 1. The highest BCUT2D eigenvalue weighted by molar-refractivity contribution is 6.03. The molecular formula is C15H12F3N3O. The van der Waals surface area contributed by atoms with Crippen molar-refractivity contribution in [3.63, 3.8) is 0 Å². The van der Waals surface area contributed by atoms with Gasteiger partial charge in [0.25, 0.3) is 5.91 Å². The molecule has 1 amide bonds. The van der Waals surface area contributed by atoms with Crippen molar-refractivity contribution in [1.29, 1.82) is 0 Å². The number of aromatic nitrogens is 2. The number of carbonyl (C=O) groups excluding carboxylic acids is 1. The highest BCUT2D eigenvalue weighted by Gasteiger charge is 2.33. The summed E-state index contributed by atoms with van der Waals surface area (Å²) in [6.45, 7) is 5.09. The molecule has 0 spiro atoms. The van der Waals surface area contributed by atoms with Crippen molar-refractivity contribution < 1.29 is 18.0 Å². The molecule has 114 valence electrons. The van der Waals surface area contributed by atoms with Crippen molar-refractivity contribution in [2.75, 3.05) is 5.32 Å². The number of halogens is 3. The Morgan fingerprint density at radius 3 is 2.68 bits per heavy atom. The molecule has 7 heteroatoms. The van der Waals surface area contributed by atoms with E-state index in [2.05, 4.69) is 21.9 Å². The maximum atomic E-state index is 12.8. The Balaban J connectivity index is 2.37. The molecule has 0 saturated heterocycles. The van der Waals surface area contributed by atoms with E-state index in [4.69, 9.17) is 0 Å². The second kappa shape index (κ2) is 5.97. The minimum Gasteiger partial charge on any atom is -0.319 e. The molecule has 2 heterocycles. The largest absolute Gasteiger partial charge is 0.433 e. The summed E-state index contributed by atoms with van der Waals surface area (Å²) in [4.78, 5) is 19.5. The van der Waals surface area contributed by atoms with Gasteiger partial charge in [-0.15, -0.1) is 0 Å². The quantitative estimate of drug-likeness (QED) is 0.940. The second-order valence-electron chi connectivity index (χ2n) is 4.46. The van der Waals surface area contributed by atoms with Crippen molar-refractivity contribution in [3.05, 3.63) is 59.7 Å². The number of amides is 1. The summed E-state index contributed by atoms with van der Waals surface area (Å²) in [6.07, 6.45) is -1.87. The number of nitrogens with zero attached hydrogens (tertiary/aromatic N) is 2. The Labute approximate surface area is 124 Å². The summed E-state index contributed by atoms with van der Waals surface area (Å²) in [6, 6.07) is 5.28. The summed E-state index contributed by atoms with van der Waals surface area (Å²) in [5, 5.41) is 2.49. The predicted molar refractivity (Wildman–Crippen MR) is 76.3 cm³/mol. The number of hydrogen-bond acceptors (Lipinski definition) is 3. The van der Waals surface area contributed by atoms with Gasteiger partial charge < -0.3 is 5.32 Å². The zero-order chi connectivity index (χ0) is 16.3. The van der Waals surface area contributed by atoms with Crippen LogP contribution in [-0.4, -0.2) is 15.9 Å². The third-order valence-corrected chi connectivity index (χ3v) is 2.86. The fourth-order valence-corrected chi connectivity index (χ4v) is 1.73. The predicted octanol–water partition coefficient (Wildman–Crippen LogP) is 3.70. The summed E-state index contributed by atoms with van der Waals surface area (Å²) in [5.41, 5.74) is -0.361. The maximum absolute atomic E-state index is 12.8. The first-order chi connectivity index (χ1) is 10.3. The molecule has 0 radical (unpaired) electrons. The lowest BCUT2D eigenvalue weighted by Crippen LogP contribution is -2.18. The zero-order valence-corrected chi connectivity index (χ0v) is 11.6. The van der Waals surface area contributed by atoms with Crippen LogP contribution >= 0.6 is 0 Å². The van der Waals surface area contributed by atoms with Gasteiger partial charge in [-0.05, 0) is 36.8 Å². The minimum absolute atomic E-state index is 0.162. The van der Waals surface area contributed by atoms with Crippen LogP contribution in [0.4, 0.5) is 18.9 Å². The molecule has 2 aromatic rings. The van der Waals surface area contributed by atoms with E-state index in [0.717, 1.165) is 6.07 Å². The van der Waals surface area contributed by atoms with E-state index >= 15 is 0 Å². The first-order valence-electron chi connectivity index (χ1n) is 6.26. The number of alkyl halides is 3. The zero-order valence-electron chi connectivity index (χ0n) is 11.6. The van der Waals surface area contributed by atoms with E-state index in [-0.39, 0.29) is 11.3 Å². The molecule has 0 bridgehead atoms. The number of pyridine rings is 2. The van der Waals surface area contributed by atoms with Crippen LogP contribution in [0.25, 0.3) is 6.08 Å². The van der Waals surface area contributed by atoms with Crippen LogP contribution in [0.15, 0.2) is 37.0 Å². The number of hydrogen-bond donors (Lipinski definition) is 1. The Morgan fingerprint density at radius 2 is 2.09 bits per heavy atom. The molecule has 0 fully saturated rings. The van der Waals surface area contributed by atoms with Crippen molar-refractivity contribution in [3.8, 4) is 0 Å². The van der Waals surface area contributed by atoms with Crippen LogP contribution in [0.3, 0.4) is 0 Å². The number of rotatable bonds is 3. The normalized spacial score (nSPS) is 11.1. The van der Waals surface area contributed by atoms with Crippen molar-refractivity contribution in [2.24, 2.45) is 0 Å². The van der Waals surface area contributed by atoms with E-state index < -0.39 is 17.8 Å². The molecule has 0 saturated carbocycles. The molecular weight excluding hydrogens is 295 g/mol. The maximum Gasteiger partial charge on any atom is 0.433 e. The summed E-state index contributed by atoms with van der Waals surface area (Å²) in [5.74, 6) is -0.745. The van der Waals surface area contributed by atoms with Crippen molar-refractivity contribution in [1.82, 2.24) is 9.97 Å². The molecule has 1 N–H and O–H groups in total. The van der Waals surface area contributed by atoms with E-state index in [1.165, 1.54) is 12.1 Å². The van der Waals surface area contributed by atoms with Gasteiger partial charge in [-0.2, -0.15) is 13.2 Å². The van der Waals surface area contributed by atoms with Crippen LogP contribution in [-0.2, 0) is 6.18 Å². The molecule has 2 aromatic heterocycles. The third-order valence-electron chi connectivity index (χ3n) is 2.86. The fraction of sp³-hybridized carbons (Fsp3) is 0.133. The van der Waals surface area contributed by atoms with Gasteiger partial charge in [0.05, 0.1) is 11.4 Å².